The second-order valence-corrected chi connectivity index (χ2v) is 8.48. The molecule has 1 aliphatic carbocycles. The van der Waals surface area contributed by atoms with Crippen LogP contribution in [0.3, 0.4) is 0 Å². The molecule has 7 nitrogen and oxygen atoms in total. The van der Waals surface area contributed by atoms with Gasteiger partial charge in [-0.1, -0.05) is 38.7 Å². The predicted molar refractivity (Wildman–Crippen MR) is 132 cm³/mol. The summed E-state index contributed by atoms with van der Waals surface area (Å²) in [5.74, 6) is -0.406. The Morgan fingerprint density at radius 3 is 2.36 bits per heavy atom. The summed E-state index contributed by atoms with van der Waals surface area (Å²) in [6.45, 7) is 2.78. The Hall–Kier alpha value is -3.35. The van der Waals surface area contributed by atoms with E-state index in [2.05, 4.69) is 28.2 Å². The second kappa shape index (κ2) is 12.6. The van der Waals surface area contributed by atoms with Crippen molar-refractivity contribution < 1.29 is 14.4 Å². The first-order valence-electron chi connectivity index (χ1n) is 11.9. The van der Waals surface area contributed by atoms with Crippen molar-refractivity contribution in [3.05, 3.63) is 59.7 Å². The topological polar surface area (TPSA) is 99.3 Å². The highest BCUT2D eigenvalue weighted by molar-refractivity contribution is 5.97. The Morgan fingerprint density at radius 2 is 1.64 bits per heavy atom. The van der Waals surface area contributed by atoms with E-state index in [-0.39, 0.29) is 30.3 Å². The smallest absolute Gasteiger partial charge is 0.251 e. The molecule has 1 saturated carbocycles. The minimum atomic E-state index is -0.216. The monoisotopic (exact) mass is 450 g/mol. The Bertz CT molecular complexity index is 937. The van der Waals surface area contributed by atoms with E-state index in [4.69, 9.17) is 0 Å². The molecule has 0 atom stereocenters. The van der Waals surface area contributed by atoms with Crippen molar-refractivity contribution in [2.24, 2.45) is 0 Å². The van der Waals surface area contributed by atoms with Gasteiger partial charge in [0.2, 0.25) is 5.91 Å². The lowest BCUT2D eigenvalue weighted by Crippen LogP contribution is -2.36. The quantitative estimate of drug-likeness (QED) is 0.405. The average molecular weight is 451 g/mol. The van der Waals surface area contributed by atoms with Crippen LogP contribution in [0.4, 0.5) is 11.4 Å². The summed E-state index contributed by atoms with van der Waals surface area (Å²) in [6.07, 6.45) is 7.62. The first-order chi connectivity index (χ1) is 16.0. The Labute approximate surface area is 195 Å². The molecule has 4 N–H and O–H groups in total. The summed E-state index contributed by atoms with van der Waals surface area (Å²) < 4.78 is 0. The fraction of sp³-hybridized carbons (Fsp3) is 0.423. The van der Waals surface area contributed by atoms with Crippen molar-refractivity contribution in [1.29, 1.82) is 0 Å². The maximum absolute atomic E-state index is 12.4. The van der Waals surface area contributed by atoms with Crippen molar-refractivity contribution in [1.82, 2.24) is 10.6 Å². The van der Waals surface area contributed by atoms with Crippen molar-refractivity contribution in [2.75, 3.05) is 23.7 Å². The first-order valence-corrected chi connectivity index (χ1v) is 11.9. The summed E-state index contributed by atoms with van der Waals surface area (Å²) in [6, 6.07) is 14.2. The number of carbonyl (C=O) groups excluding carboxylic acids is 3. The van der Waals surface area contributed by atoms with Crippen molar-refractivity contribution >= 4 is 29.1 Å². The van der Waals surface area contributed by atoms with Gasteiger partial charge in [0.05, 0.1) is 6.54 Å². The molecule has 0 radical (unpaired) electrons. The summed E-state index contributed by atoms with van der Waals surface area (Å²) in [7, 11) is 0. The molecule has 0 saturated heterocycles. The SMILES string of the molecule is CCCCNC(=O)c1cccc(NCC(=O)Nc2ccc(C(=O)NC3CCCCC3)cc2)c1. The standard InChI is InChI=1S/C26H34N4O3/c1-2-3-16-27-25(32)20-8-7-11-23(17-20)28-18-24(31)29-22-14-12-19(13-15-22)26(33)30-21-9-5-4-6-10-21/h7-8,11-15,17,21,28H,2-6,9-10,16,18H2,1H3,(H,27,32)(H,29,31)(H,30,33). The molecule has 2 aromatic rings. The molecule has 0 bridgehead atoms. The highest BCUT2D eigenvalue weighted by Gasteiger charge is 2.16. The molecule has 0 spiro atoms. The number of amides is 3. The summed E-state index contributed by atoms with van der Waals surface area (Å²) in [5.41, 5.74) is 2.47. The van der Waals surface area contributed by atoms with Crippen LogP contribution in [0.1, 0.15) is 72.6 Å². The van der Waals surface area contributed by atoms with Gasteiger partial charge in [-0.3, -0.25) is 14.4 Å². The zero-order valence-corrected chi connectivity index (χ0v) is 19.3. The van der Waals surface area contributed by atoms with Crippen LogP contribution in [-0.4, -0.2) is 36.9 Å². The Kier molecular flexibility index (Phi) is 9.30. The lowest BCUT2D eigenvalue weighted by Gasteiger charge is -2.22. The molecule has 7 heteroatoms. The molecular formula is C26H34N4O3. The Morgan fingerprint density at radius 1 is 0.879 bits per heavy atom. The predicted octanol–water partition coefficient (Wildman–Crippen LogP) is 4.33. The molecule has 0 unspecified atom stereocenters. The second-order valence-electron chi connectivity index (χ2n) is 8.48. The van der Waals surface area contributed by atoms with Crippen LogP contribution in [0.5, 0.6) is 0 Å². The number of hydrogen-bond donors (Lipinski definition) is 4. The molecule has 3 rings (SSSR count). The largest absolute Gasteiger partial charge is 0.376 e. The third-order valence-electron chi connectivity index (χ3n) is 5.76. The fourth-order valence-corrected chi connectivity index (χ4v) is 3.86. The van der Waals surface area contributed by atoms with Gasteiger partial charge in [-0.05, 0) is 61.7 Å². The molecule has 1 fully saturated rings. The number of hydrogen-bond acceptors (Lipinski definition) is 4. The van der Waals surface area contributed by atoms with Crippen molar-refractivity contribution in [3.63, 3.8) is 0 Å². The zero-order valence-electron chi connectivity index (χ0n) is 19.3. The van der Waals surface area contributed by atoms with Gasteiger partial charge in [-0.15, -0.1) is 0 Å². The Balaban J connectivity index is 1.45. The molecule has 0 aliphatic heterocycles. The highest BCUT2D eigenvalue weighted by Crippen LogP contribution is 2.18. The number of nitrogens with one attached hydrogen (secondary N) is 4. The van der Waals surface area contributed by atoms with E-state index in [1.54, 1.807) is 42.5 Å². The molecule has 0 heterocycles. The molecule has 0 aromatic heterocycles. The number of anilines is 2. The third-order valence-corrected chi connectivity index (χ3v) is 5.76. The number of unbranched alkanes of at least 4 members (excludes halogenated alkanes) is 1. The highest BCUT2D eigenvalue weighted by atomic mass is 16.2. The van der Waals surface area contributed by atoms with Crippen LogP contribution in [0.25, 0.3) is 0 Å². The first kappa shape index (κ1) is 24.3. The van der Waals surface area contributed by atoms with Crippen molar-refractivity contribution in [3.8, 4) is 0 Å². The van der Waals surface area contributed by atoms with Crippen LogP contribution in [0.2, 0.25) is 0 Å². The van der Waals surface area contributed by atoms with E-state index >= 15 is 0 Å². The minimum absolute atomic E-state index is 0.0603. The van der Waals surface area contributed by atoms with E-state index in [1.165, 1.54) is 19.3 Å². The average Bonchev–Trinajstić information content (AvgIpc) is 2.84. The molecule has 33 heavy (non-hydrogen) atoms. The lowest BCUT2D eigenvalue weighted by atomic mass is 9.95. The number of carbonyl (C=O) groups is 3. The number of benzene rings is 2. The summed E-state index contributed by atoms with van der Waals surface area (Å²) >= 11 is 0. The molecule has 176 valence electrons. The van der Waals surface area contributed by atoms with Gasteiger partial charge in [0.1, 0.15) is 0 Å². The molecule has 3 amide bonds. The van der Waals surface area contributed by atoms with E-state index in [1.807, 2.05) is 6.07 Å². The maximum Gasteiger partial charge on any atom is 0.251 e. The van der Waals surface area contributed by atoms with Gasteiger partial charge in [0, 0.05) is 35.1 Å². The van der Waals surface area contributed by atoms with Crippen LogP contribution in [-0.2, 0) is 4.79 Å². The lowest BCUT2D eigenvalue weighted by molar-refractivity contribution is -0.114. The van der Waals surface area contributed by atoms with Crippen LogP contribution < -0.4 is 21.3 Å². The third kappa shape index (κ3) is 7.93. The van der Waals surface area contributed by atoms with Gasteiger partial charge in [0.25, 0.3) is 11.8 Å². The number of rotatable bonds is 10. The minimum Gasteiger partial charge on any atom is -0.376 e. The van der Waals surface area contributed by atoms with Gasteiger partial charge in [0.15, 0.2) is 0 Å². The van der Waals surface area contributed by atoms with Crippen LogP contribution >= 0.6 is 0 Å². The fourth-order valence-electron chi connectivity index (χ4n) is 3.86. The van der Waals surface area contributed by atoms with E-state index in [0.717, 1.165) is 25.7 Å². The van der Waals surface area contributed by atoms with Crippen LogP contribution in [0.15, 0.2) is 48.5 Å². The van der Waals surface area contributed by atoms with E-state index in [0.29, 0.717) is 29.0 Å². The van der Waals surface area contributed by atoms with Gasteiger partial charge < -0.3 is 21.3 Å². The molecular weight excluding hydrogens is 416 g/mol. The van der Waals surface area contributed by atoms with Gasteiger partial charge in [-0.2, -0.15) is 0 Å². The van der Waals surface area contributed by atoms with Gasteiger partial charge in [-0.25, -0.2) is 0 Å². The van der Waals surface area contributed by atoms with E-state index < -0.39 is 0 Å². The molecule has 2 aromatic carbocycles. The zero-order chi connectivity index (χ0) is 23.5. The normalized spacial score (nSPS) is 13.7. The summed E-state index contributed by atoms with van der Waals surface area (Å²) in [4.78, 5) is 36.9. The van der Waals surface area contributed by atoms with Gasteiger partial charge >= 0.3 is 0 Å². The maximum atomic E-state index is 12.4. The van der Waals surface area contributed by atoms with Crippen molar-refractivity contribution in [2.45, 2.75) is 57.9 Å². The summed E-state index contributed by atoms with van der Waals surface area (Å²) in [5, 5.41) is 11.8. The van der Waals surface area contributed by atoms with E-state index in [9.17, 15) is 14.4 Å². The van der Waals surface area contributed by atoms with Crippen LogP contribution in [0, 0.1) is 0 Å². The molecule has 1 aliphatic rings.